The number of rotatable bonds is 8. The van der Waals surface area contributed by atoms with E-state index in [1.807, 2.05) is 0 Å². The molecule has 0 spiro atoms. The monoisotopic (exact) mass is 539 g/mol. The van der Waals surface area contributed by atoms with E-state index in [-0.39, 0.29) is 17.8 Å². The van der Waals surface area contributed by atoms with Gasteiger partial charge in [-0.25, -0.2) is 0 Å². The third-order valence-electron chi connectivity index (χ3n) is 6.50. The van der Waals surface area contributed by atoms with Crippen molar-refractivity contribution in [2.75, 3.05) is 7.11 Å². The van der Waals surface area contributed by atoms with Crippen molar-refractivity contribution in [3.05, 3.63) is 71.3 Å². The van der Waals surface area contributed by atoms with Crippen molar-refractivity contribution in [1.82, 2.24) is 4.90 Å². The molecule has 3 rings (SSSR count). The lowest BCUT2D eigenvalue weighted by atomic mass is 9.76. The molecule has 0 saturated heterocycles. The maximum absolute atomic E-state index is 14.7. The molecule has 0 bridgehead atoms. The number of amides is 1. The number of nitrogens with zero attached hydrogens (tertiary/aromatic N) is 1. The third kappa shape index (κ3) is 4.66. The van der Waals surface area contributed by atoms with Gasteiger partial charge in [0.2, 0.25) is 5.91 Å². The Balaban J connectivity index is 2.12. The van der Waals surface area contributed by atoms with Gasteiger partial charge in [-0.3, -0.25) is 4.79 Å². The van der Waals surface area contributed by atoms with Crippen molar-refractivity contribution in [1.29, 1.82) is 0 Å². The molecular weight excluding hydrogens is 517 g/mol. The van der Waals surface area contributed by atoms with Crippen LogP contribution in [0.5, 0.6) is 5.75 Å². The number of alkyl halides is 9. The largest absolute Gasteiger partial charge is 0.497 e. The number of hydrogen-bond donors (Lipinski definition) is 0. The number of halogens is 9. The number of carbonyl (C=O) groups excluding carboxylic acids is 1. The van der Waals surface area contributed by atoms with Gasteiger partial charge < -0.3 is 9.64 Å². The summed E-state index contributed by atoms with van der Waals surface area (Å²) < 4.78 is 128. The normalized spacial score (nSPS) is 19.6. The van der Waals surface area contributed by atoms with E-state index >= 15 is 0 Å². The molecule has 0 N–H and O–H groups in total. The van der Waals surface area contributed by atoms with Gasteiger partial charge in [0.1, 0.15) is 5.75 Å². The highest BCUT2D eigenvalue weighted by molar-refractivity contribution is 6.00. The van der Waals surface area contributed by atoms with Crippen molar-refractivity contribution < 1.29 is 49.0 Å². The minimum atomic E-state index is -7.04. The SMILES string of the molecule is COc1ccc(C2=C(C)C(C)(CC(F)(F)C(F)(F)C(F)(F)C(F)(F)F)C(=O)N2Cc2ccccc2)cc1. The summed E-state index contributed by atoms with van der Waals surface area (Å²) in [4.78, 5) is 14.5. The molecule has 0 saturated carbocycles. The first-order valence-corrected chi connectivity index (χ1v) is 10.8. The van der Waals surface area contributed by atoms with Crippen LogP contribution in [0, 0.1) is 5.41 Å². The van der Waals surface area contributed by atoms with Gasteiger partial charge in [-0.1, -0.05) is 30.3 Å². The molecule has 202 valence electrons. The zero-order chi connectivity index (χ0) is 28.0. The zero-order valence-electron chi connectivity index (χ0n) is 19.8. The number of methoxy groups -OCH3 is 1. The molecule has 1 heterocycles. The fraction of sp³-hybridized carbons (Fsp3) is 0.400. The lowest BCUT2D eigenvalue weighted by Gasteiger charge is -2.37. The molecular formula is C25H22F9NO2. The Labute approximate surface area is 206 Å². The third-order valence-corrected chi connectivity index (χ3v) is 6.50. The predicted molar refractivity (Wildman–Crippen MR) is 116 cm³/mol. The van der Waals surface area contributed by atoms with Crippen molar-refractivity contribution >= 4 is 11.6 Å². The summed E-state index contributed by atoms with van der Waals surface area (Å²) in [5.74, 6) is -20.5. The summed E-state index contributed by atoms with van der Waals surface area (Å²) in [6.45, 7) is 1.81. The molecule has 37 heavy (non-hydrogen) atoms. The Hall–Kier alpha value is -3.18. The van der Waals surface area contributed by atoms with E-state index in [1.165, 1.54) is 38.3 Å². The molecule has 2 aromatic carbocycles. The summed E-state index contributed by atoms with van der Waals surface area (Å²) in [6.07, 6.45) is -9.23. The second-order valence-corrected chi connectivity index (χ2v) is 8.94. The predicted octanol–water partition coefficient (Wildman–Crippen LogP) is 7.33. The smallest absolute Gasteiger partial charge is 0.460 e. The molecule has 0 fully saturated rings. The number of carbonyl (C=O) groups is 1. The highest BCUT2D eigenvalue weighted by atomic mass is 19.4. The molecule has 2 aromatic rings. The zero-order valence-corrected chi connectivity index (χ0v) is 19.8. The van der Waals surface area contributed by atoms with Crippen LogP contribution in [0.4, 0.5) is 39.5 Å². The molecule has 1 aliphatic rings. The van der Waals surface area contributed by atoms with Crippen LogP contribution < -0.4 is 4.74 Å². The van der Waals surface area contributed by atoms with Gasteiger partial charge >= 0.3 is 23.9 Å². The van der Waals surface area contributed by atoms with Crippen molar-refractivity contribution in [3.8, 4) is 5.75 Å². The molecule has 1 unspecified atom stereocenters. The minimum Gasteiger partial charge on any atom is -0.497 e. The summed E-state index contributed by atoms with van der Waals surface area (Å²) in [5.41, 5.74) is -1.86. The van der Waals surface area contributed by atoms with E-state index in [1.54, 1.807) is 30.3 Å². The lowest BCUT2D eigenvalue weighted by Crippen LogP contribution is -2.62. The lowest BCUT2D eigenvalue weighted by molar-refractivity contribution is -0.398. The van der Waals surface area contributed by atoms with Crippen molar-refractivity contribution in [3.63, 3.8) is 0 Å². The summed E-state index contributed by atoms with van der Waals surface area (Å²) in [7, 11) is 1.39. The Morgan fingerprint density at radius 3 is 1.86 bits per heavy atom. The molecule has 3 nitrogen and oxygen atoms in total. The first-order valence-electron chi connectivity index (χ1n) is 10.8. The van der Waals surface area contributed by atoms with E-state index < -0.39 is 41.7 Å². The highest BCUT2D eigenvalue weighted by Crippen LogP contribution is 2.58. The Bertz CT molecular complexity index is 1170. The van der Waals surface area contributed by atoms with Crippen LogP contribution in [0.1, 0.15) is 31.4 Å². The maximum atomic E-state index is 14.7. The van der Waals surface area contributed by atoms with Gasteiger partial charge in [0, 0.05) is 6.42 Å². The van der Waals surface area contributed by atoms with Crippen molar-refractivity contribution in [2.24, 2.45) is 5.41 Å². The Morgan fingerprint density at radius 1 is 0.838 bits per heavy atom. The first kappa shape index (κ1) is 28.4. The average Bonchev–Trinajstić information content (AvgIpc) is 2.99. The fourth-order valence-electron chi connectivity index (χ4n) is 4.23. The second kappa shape index (κ2) is 9.29. The van der Waals surface area contributed by atoms with Crippen LogP contribution in [-0.2, 0) is 11.3 Å². The van der Waals surface area contributed by atoms with Gasteiger partial charge in [-0.2, -0.15) is 39.5 Å². The second-order valence-electron chi connectivity index (χ2n) is 8.94. The molecule has 0 aromatic heterocycles. The van der Waals surface area contributed by atoms with Gasteiger partial charge in [-0.15, -0.1) is 0 Å². The van der Waals surface area contributed by atoms with Gasteiger partial charge in [-0.05, 0) is 54.8 Å². The fourth-order valence-corrected chi connectivity index (χ4v) is 4.23. The quantitative estimate of drug-likeness (QED) is 0.329. The van der Waals surface area contributed by atoms with E-state index in [0.717, 1.165) is 11.8 Å². The van der Waals surface area contributed by atoms with Crippen LogP contribution >= 0.6 is 0 Å². The minimum absolute atomic E-state index is 0.0423. The van der Waals surface area contributed by atoms with Crippen molar-refractivity contribution in [2.45, 2.75) is 50.8 Å². The number of benzene rings is 2. The van der Waals surface area contributed by atoms with E-state index in [9.17, 15) is 44.3 Å². The van der Waals surface area contributed by atoms with Crippen LogP contribution in [0.2, 0.25) is 0 Å². The highest BCUT2D eigenvalue weighted by Gasteiger charge is 2.82. The standard InChI is InChI=1S/C25H22F9NO2/c1-15-19(17-9-11-18(37-3)12-10-17)35(13-16-7-5-4-6-8-16)20(36)21(15,2)14-22(26,27)23(28,29)24(30,31)25(32,33)34/h4-12H,13-14H2,1-3H3. The first-order chi connectivity index (χ1) is 16.9. The Morgan fingerprint density at radius 2 is 1.38 bits per heavy atom. The van der Waals surface area contributed by atoms with Crippen LogP contribution in [-0.4, -0.2) is 41.9 Å². The van der Waals surface area contributed by atoms with Crippen LogP contribution in [0.15, 0.2) is 60.2 Å². The Kier molecular flexibility index (Phi) is 7.13. The van der Waals surface area contributed by atoms with Gasteiger partial charge in [0.25, 0.3) is 0 Å². The summed E-state index contributed by atoms with van der Waals surface area (Å²) in [6, 6.07) is 14.1. The summed E-state index contributed by atoms with van der Waals surface area (Å²) in [5, 5.41) is 0. The molecule has 12 heteroatoms. The average molecular weight is 539 g/mol. The van der Waals surface area contributed by atoms with E-state index in [2.05, 4.69) is 0 Å². The van der Waals surface area contributed by atoms with E-state index in [4.69, 9.17) is 4.74 Å². The number of hydrogen-bond acceptors (Lipinski definition) is 2. The topological polar surface area (TPSA) is 29.5 Å². The van der Waals surface area contributed by atoms with E-state index in [0.29, 0.717) is 16.9 Å². The number of ether oxygens (including phenoxy) is 1. The molecule has 1 amide bonds. The molecule has 0 aliphatic carbocycles. The van der Waals surface area contributed by atoms with Gasteiger partial charge in [0.05, 0.1) is 24.8 Å². The van der Waals surface area contributed by atoms with Gasteiger partial charge in [0.15, 0.2) is 0 Å². The summed E-state index contributed by atoms with van der Waals surface area (Å²) >= 11 is 0. The maximum Gasteiger partial charge on any atom is 0.460 e. The molecule has 1 atom stereocenters. The molecule has 1 aliphatic heterocycles. The molecule has 0 radical (unpaired) electrons. The van der Waals surface area contributed by atoms with Crippen LogP contribution in [0.3, 0.4) is 0 Å². The van der Waals surface area contributed by atoms with Crippen LogP contribution in [0.25, 0.3) is 5.70 Å².